The van der Waals surface area contributed by atoms with Crippen LogP contribution in [0.15, 0.2) is 0 Å². The minimum Gasteiger partial charge on any atom is -0.384 e. The van der Waals surface area contributed by atoms with Crippen LogP contribution < -0.4 is 5.32 Å². The predicted octanol–water partition coefficient (Wildman–Crippen LogP) is -0.499. The van der Waals surface area contributed by atoms with E-state index in [0.717, 1.165) is 0 Å². The van der Waals surface area contributed by atoms with E-state index in [1.165, 1.54) is 6.92 Å². The lowest BCUT2D eigenvalue weighted by Crippen LogP contribution is -2.36. The summed E-state index contributed by atoms with van der Waals surface area (Å²) in [6.45, 7) is 1.32. The molecular weight excluding hydrogens is 144 g/mol. The molecule has 0 aliphatic carbocycles. The van der Waals surface area contributed by atoms with Crippen LogP contribution in [0, 0.1) is 0 Å². The molecule has 0 aromatic rings. The lowest BCUT2D eigenvalue weighted by atomic mass is 10.1. The number of amides is 1. The molecule has 2 N–H and O–H groups in total. The van der Waals surface area contributed by atoms with Gasteiger partial charge in [-0.1, -0.05) is 0 Å². The van der Waals surface area contributed by atoms with Crippen molar-refractivity contribution >= 4 is 5.91 Å². The molecule has 0 bridgehead atoms. The summed E-state index contributed by atoms with van der Waals surface area (Å²) in [6.07, 6.45) is -1.89. The van der Waals surface area contributed by atoms with Crippen LogP contribution in [0.2, 0.25) is 0 Å². The van der Waals surface area contributed by atoms with E-state index in [9.17, 15) is 13.6 Å². The Morgan fingerprint density at radius 2 is 2.20 bits per heavy atom. The Morgan fingerprint density at radius 1 is 1.70 bits per heavy atom. The van der Waals surface area contributed by atoms with Crippen LogP contribution in [0.5, 0.6) is 0 Å². The molecule has 0 aromatic heterocycles. The van der Waals surface area contributed by atoms with Gasteiger partial charge in [-0.15, -0.1) is 0 Å². The second-order valence-electron chi connectivity index (χ2n) is 2.33. The molecule has 0 radical (unpaired) electrons. The number of carbonyl (C=O) groups is 1. The first kappa shape index (κ1) is 7.40. The fraction of sp³-hybridized carbons (Fsp3) is 0.800. The van der Waals surface area contributed by atoms with Crippen molar-refractivity contribution in [1.82, 2.24) is 5.32 Å². The van der Waals surface area contributed by atoms with Crippen LogP contribution in [0.1, 0.15) is 6.92 Å². The molecule has 1 fully saturated rings. The minimum absolute atomic E-state index is 0.859. The fourth-order valence-corrected chi connectivity index (χ4v) is 0.830. The van der Waals surface area contributed by atoms with Gasteiger partial charge in [-0.05, 0) is 6.92 Å². The number of aliphatic hydroxyl groups is 1. The van der Waals surface area contributed by atoms with Gasteiger partial charge in [-0.2, -0.15) is 8.78 Å². The lowest BCUT2D eigenvalue weighted by Gasteiger charge is -2.11. The summed E-state index contributed by atoms with van der Waals surface area (Å²) in [5, 5.41) is 10.6. The third kappa shape index (κ3) is 0.775. The topological polar surface area (TPSA) is 49.3 Å². The number of nitrogens with one attached hydrogen (secondary N) is 1. The van der Waals surface area contributed by atoms with Gasteiger partial charge in [0.05, 0.1) is 6.04 Å². The maximum absolute atomic E-state index is 12.3. The van der Waals surface area contributed by atoms with Crippen LogP contribution in [0.25, 0.3) is 0 Å². The third-order valence-electron chi connectivity index (χ3n) is 1.51. The number of hydrogen-bond donors (Lipinski definition) is 2. The van der Waals surface area contributed by atoms with E-state index >= 15 is 0 Å². The van der Waals surface area contributed by atoms with Crippen molar-refractivity contribution in [1.29, 1.82) is 0 Å². The average Bonchev–Trinajstić information content (AvgIpc) is 1.97. The van der Waals surface area contributed by atoms with E-state index in [2.05, 4.69) is 0 Å². The van der Waals surface area contributed by atoms with E-state index in [1.54, 1.807) is 0 Å². The maximum Gasteiger partial charge on any atom is 0.351 e. The SMILES string of the molecule is CC1NC(=O)C(F)(F)C1O. The minimum atomic E-state index is -3.61. The highest BCUT2D eigenvalue weighted by molar-refractivity contribution is 5.87. The summed E-state index contributed by atoms with van der Waals surface area (Å²) >= 11 is 0. The van der Waals surface area contributed by atoms with Crippen LogP contribution in [-0.2, 0) is 4.79 Å². The number of halogens is 2. The molecule has 1 aliphatic heterocycles. The van der Waals surface area contributed by atoms with Crippen LogP contribution in [0.3, 0.4) is 0 Å². The number of carbonyl (C=O) groups excluding carboxylic acids is 1. The van der Waals surface area contributed by atoms with Crippen molar-refractivity contribution in [3.63, 3.8) is 0 Å². The standard InChI is InChI=1S/C5H7F2NO2/c1-2-3(9)5(6,7)4(10)8-2/h2-3,9H,1H3,(H,8,10). The molecule has 5 heteroatoms. The zero-order valence-corrected chi connectivity index (χ0v) is 5.27. The summed E-state index contributed by atoms with van der Waals surface area (Å²) in [7, 11) is 0. The normalized spacial score (nSPS) is 37.8. The zero-order valence-electron chi connectivity index (χ0n) is 5.27. The number of alkyl halides is 2. The smallest absolute Gasteiger partial charge is 0.351 e. The van der Waals surface area contributed by atoms with Crippen molar-refractivity contribution in [2.24, 2.45) is 0 Å². The highest BCUT2D eigenvalue weighted by atomic mass is 19.3. The Hall–Kier alpha value is -0.710. The molecule has 1 aliphatic rings. The Labute approximate surface area is 56.0 Å². The van der Waals surface area contributed by atoms with E-state index < -0.39 is 24.0 Å². The second-order valence-corrected chi connectivity index (χ2v) is 2.33. The average molecular weight is 151 g/mol. The van der Waals surface area contributed by atoms with Crippen LogP contribution in [0.4, 0.5) is 8.78 Å². The molecule has 1 heterocycles. The van der Waals surface area contributed by atoms with Gasteiger partial charge < -0.3 is 10.4 Å². The molecule has 1 rings (SSSR count). The van der Waals surface area contributed by atoms with Gasteiger partial charge >= 0.3 is 5.92 Å². The van der Waals surface area contributed by atoms with E-state index in [1.807, 2.05) is 5.32 Å². The Balaban J connectivity index is 2.85. The molecule has 0 spiro atoms. The van der Waals surface area contributed by atoms with Gasteiger partial charge in [0.25, 0.3) is 5.91 Å². The fourth-order valence-electron chi connectivity index (χ4n) is 0.830. The zero-order chi connectivity index (χ0) is 7.94. The summed E-state index contributed by atoms with van der Waals surface area (Å²) < 4.78 is 24.6. The number of rotatable bonds is 0. The molecule has 58 valence electrons. The highest BCUT2D eigenvalue weighted by Gasteiger charge is 2.55. The van der Waals surface area contributed by atoms with E-state index in [-0.39, 0.29) is 0 Å². The second kappa shape index (κ2) is 1.88. The molecule has 3 nitrogen and oxygen atoms in total. The van der Waals surface area contributed by atoms with E-state index in [0.29, 0.717) is 0 Å². The molecule has 1 amide bonds. The Kier molecular flexibility index (Phi) is 1.39. The van der Waals surface area contributed by atoms with Crippen LogP contribution in [-0.4, -0.2) is 29.1 Å². The van der Waals surface area contributed by atoms with Crippen molar-refractivity contribution < 1.29 is 18.7 Å². The lowest BCUT2D eigenvalue weighted by molar-refractivity contribution is -0.150. The quantitative estimate of drug-likeness (QED) is 0.490. The Morgan fingerprint density at radius 3 is 2.30 bits per heavy atom. The van der Waals surface area contributed by atoms with Gasteiger partial charge in [-0.25, -0.2) is 0 Å². The van der Waals surface area contributed by atoms with E-state index in [4.69, 9.17) is 5.11 Å². The van der Waals surface area contributed by atoms with Crippen molar-refractivity contribution in [2.45, 2.75) is 25.0 Å². The third-order valence-corrected chi connectivity index (χ3v) is 1.51. The summed E-state index contributed by atoms with van der Waals surface area (Å²) in [4.78, 5) is 10.3. The molecule has 0 aromatic carbocycles. The van der Waals surface area contributed by atoms with Gasteiger partial charge in [0, 0.05) is 0 Å². The summed E-state index contributed by atoms with van der Waals surface area (Å²) in [6, 6.07) is -0.859. The number of hydrogen-bond acceptors (Lipinski definition) is 2. The first-order valence-corrected chi connectivity index (χ1v) is 2.83. The first-order valence-electron chi connectivity index (χ1n) is 2.83. The number of aliphatic hydroxyl groups excluding tert-OH is 1. The van der Waals surface area contributed by atoms with Crippen molar-refractivity contribution in [3.05, 3.63) is 0 Å². The molecule has 10 heavy (non-hydrogen) atoms. The molecule has 2 unspecified atom stereocenters. The van der Waals surface area contributed by atoms with Gasteiger partial charge in [0.1, 0.15) is 6.10 Å². The summed E-state index contributed by atoms with van der Waals surface area (Å²) in [5.74, 6) is -5.01. The molecule has 2 atom stereocenters. The van der Waals surface area contributed by atoms with Gasteiger partial charge in [0.2, 0.25) is 0 Å². The molecule has 1 saturated heterocycles. The predicted molar refractivity (Wildman–Crippen MR) is 28.6 cm³/mol. The van der Waals surface area contributed by atoms with Gasteiger partial charge in [-0.3, -0.25) is 4.79 Å². The highest BCUT2D eigenvalue weighted by Crippen LogP contribution is 2.26. The first-order chi connectivity index (χ1) is 4.46. The van der Waals surface area contributed by atoms with Crippen molar-refractivity contribution in [2.75, 3.05) is 0 Å². The maximum atomic E-state index is 12.3. The summed E-state index contributed by atoms with van der Waals surface area (Å²) in [5.41, 5.74) is 0. The molecular formula is C5H7F2NO2. The van der Waals surface area contributed by atoms with Gasteiger partial charge in [0.15, 0.2) is 0 Å². The largest absolute Gasteiger partial charge is 0.384 e. The molecule has 0 saturated carbocycles. The van der Waals surface area contributed by atoms with Crippen LogP contribution >= 0.6 is 0 Å². The Bertz CT molecular complexity index is 171. The van der Waals surface area contributed by atoms with Crippen molar-refractivity contribution in [3.8, 4) is 0 Å². The monoisotopic (exact) mass is 151 g/mol.